The molecule has 0 spiro atoms. The van der Waals surface area contributed by atoms with Gasteiger partial charge in [-0.2, -0.15) is 0 Å². The second-order valence-electron chi connectivity index (χ2n) is 4.35. The average Bonchev–Trinajstić information content (AvgIpc) is 2.37. The molecule has 0 saturated carbocycles. The summed E-state index contributed by atoms with van der Waals surface area (Å²) in [5.41, 5.74) is 7.21. The fourth-order valence-electron chi connectivity index (χ4n) is 1.73. The highest BCUT2D eigenvalue weighted by molar-refractivity contribution is 9.11. The lowest BCUT2D eigenvalue weighted by molar-refractivity contribution is 0.600. The van der Waals surface area contributed by atoms with Gasteiger partial charge in [-0.05, 0) is 58.7 Å². The van der Waals surface area contributed by atoms with E-state index >= 15 is 0 Å². The Morgan fingerprint density at radius 1 is 1.05 bits per heavy atom. The molecule has 8 heteroatoms. The number of sulfonamides is 1. The number of hydrogen-bond acceptors (Lipinski definition) is 3. The molecule has 0 amide bonds. The number of nitrogen functional groups attached to an aromatic ring is 1. The van der Waals surface area contributed by atoms with Crippen LogP contribution >= 0.6 is 47.8 Å². The van der Waals surface area contributed by atoms with Crippen LogP contribution in [0.1, 0.15) is 5.56 Å². The van der Waals surface area contributed by atoms with Gasteiger partial charge < -0.3 is 5.73 Å². The third kappa shape index (κ3) is 3.80. The molecular formula is C13H11Br3N2O2S. The molecule has 0 atom stereocenters. The first kappa shape index (κ1) is 16.8. The van der Waals surface area contributed by atoms with Crippen molar-refractivity contribution in [3.05, 3.63) is 49.3 Å². The minimum Gasteiger partial charge on any atom is -0.398 e. The molecule has 0 aliphatic heterocycles. The molecule has 2 rings (SSSR count). The molecule has 0 bridgehead atoms. The molecule has 3 N–H and O–H groups in total. The molecule has 0 radical (unpaired) electrons. The number of benzene rings is 2. The normalized spacial score (nSPS) is 11.4. The number of nitrogens with two attached hydrogens (primary N) is 1. The van der Waals surface area contributed by atoms with Crippen molar-refractivity contribution in [2.24, 2.45) is 0 Å². The van der Waals surface area contributed by atoms with Crippen LogP contribution in [0.15, 0.2) is 48.6 Å². The van der Waals surface area contributed by atoms with E-state index in [1.54, 1.807) is 31.2 Å². The van der Waals surface area contributed by atoms with Crippen LogP contribution in [0.25, 0.3) is 0 Å². The van der Waals surface area contributed by atoms with E-state index in [1.165, 1.54) is 6.07 Å². The molecule has 4 nitrogen and oxygen atoms in total. The van der Waals surface area contributed by atoms with Crippen molar-refractivity contribution in [1.82, 2.24) is 0 Å². The molecule has 112 valence electrons. The lowest BCUT2D eigenvalue weighted by Crippen LogP contribution is -2.15. The van der Waals surface area contributed by atoms with Crippen molar-refractivity contribution in [3.63, 3.8) is 0 Å². The van der Waals surface area contributed by atoms with E-state index in [1.807, 2.05) is 0 Å². The molecule has 2 aromatic carbocycles. The van der Waals surface area contributed by atoms with Crippen molar-refractivity contribution in [2.75, 3.05) is 10.5 Å². The first-order chi connectivity index (χ1) is 9.70. The van der Waals surface area contributed by atoms with Crippen LogP contribution in [0.3, 0.4) is 0 Å². The quantitative estimate of drug-likeness (QED) is 0.604. The van der Waals surface area contributed by atoms with Gasteiger partial charge in [-0.25, -0.2) is 8.42 Å². The molecule has 0 aliphatic rings. The Bertz CT molecular complexity index is 807. The van der Waals surface area contributed by atoms with Gasteiger partial charge in [0.1, 0.15) is 0 Å². The lowest BCUT2D eigenvalue weighted by atomic mass is 10.2. The second kappa shape index (κ2) is 6.28. The summed E-state index contributed by atoms with van der Waals surface area (Å²) in [5.74, 6) is 0. The average molecular weight is 499 g/mol. The molecule has 0 saturated heterocycles. The van der Waals surface area contributed by atoms with Gasteiger partial charge in [-0.1, -0.05) is 31.9 Å². The molecule has 0 heterocycles. The zero-order chi connectivity index (χ0) is 15.8. The zero-order valence-electron chi connectivity index (χ0n) is 10.8. The summed E-state index contributed by atoms with van der Waals surface area (Å²) in [6.45, 7) is 1.67. The number of anilines is 2. The van der Waals surface area contributed by atoms with Crippen LogP contribution in [0, 0.1) is 6.92 Å². The Morgan fingerprint density at radius 3 is 2.33 bits per heavy atom. The topological polar surface area (TPSA) is 72.2 Å². The maximum absolute atomic E-state index is 12.5. The summed E-state index contributed by atoms with van der Waals surface area (Å²) < 4.78 is 29.7. The number of nitrogens with one attached hydrogen (secondary N) is 1. The molecular weight excluding hydrogens is 488 g/mol. The highest BCUT2D eigenvalue weighted by atomic mass is 79.9. The van der Waals surface area contributed by atoms with Crippen molar-refractivity contribution < 1.29 is 8.42 Å². The van der Waals surface area contributed by atoms with E-state index in [2.05, 4.69) is 52.5 Å². The van der Waals surface area contributed by atoms with E-state index in [9.17, 15) is 8.42 Å². The van der Waals surface area contributed by atoms with Gasteiger partial charge in [0.15, 0.2) is 0 Å². The highest BCUT2D eigenvalue weighted by Gasteiger charge is 2.20. The summed E-state index contributed by atoms with van der Waals surface area (Å²) in [6, 6.07) is 8.39. The largest absolute Gasteiger partial charge is 0.398 e. The predicted octanol–water partition coefficient (Wildman–Crippen LogP) is 4.67. The lowest BCUT2D eigenvalue weighted by Gasteiger charge is -2.13. The van der Waals surface area contributed by atoms with Crippen LogP contribution in [0.2, 0.25) is 0 Å². The van der Waals surface area contributed by atoms with Crippen LogP contribution in [-0.4, -0.2) is 8.42 Å². The predicted molar refractivity (Wildman–Crippen MR) is 95.9 cm³/mol. The van der Waals surface area contributed by atoms with Crippen LogP contribution in [0.4, 0.5) is 11.4 Å². The van der Waals surface area contributed by atoms with Gasteiger partial charge in [0.2, 0.25) is 0 Å². The highest BCUT2D eigenvalue weighted by Crippen LogP contribution is 2.31. The van der Waals surface area contributed by atoms with Crippen molar-refractivity contribution in [3.8, 4) is 0 Å². The first-order valence-corrected chi connectivity index (χ1v) is 9.60. The first-order valence-electron chi connectivity index (χ1n) is 5.74. The number of halogens is 3. The Labute approximate surface area is 148 Å². The summed E-state index contributed by atoms with van der Waals surface area (Å²) in [4.78, 5) is 0.143. The van der Waals surface area contributed by atoms with Crippen LogP contribution in [-0.2, 0) is 10.0 Å². The van der Waals surface area contributed by atoms with E-state index in [0.717, 1.165) is 4.47 Å². The van der Waals surface area contributed by atoms with E-state index in [4.69, 9.17) is 5.73 Å². The smallest absolute Gasteiger partial charge is 0.262 e. The van der Waals surface area contributed by atoms with E-state index < -0.39 is 10.0 Å². The number of rotatable bonds is 3. The van der Waals surface area contributed by atoms with Gasteiger partial charge in [-0.3, -0.25) is 4.72 Å². The molecule has 21 heavy (non-hydrogen) atoms. The fraction of sp³-hybridized carbons (Fsp3) is 0.0769. The van der Waals surface area contributed by atoms with Gasteiger partial charge in [0, 0.05) is 19.1 Å². The third-order valence-electron chi connectivity index (χ3n) is 2.83. The zero-order valence-corrected chi connectivity index (χ0v) is 16.4. The summed E-state index contributed by atoms with van der Waals surface area (Å²) in [7, 11) is -3.73. The summed E-state index contributed by atoms with van der Waals surface area (Å²) in [6.07, 6.45) is 0. The van der Waals surface area contributed by atoms with E-state index in [0.29, 0.717) is 25.9 Å². The van der Waals surface area contributed by atoms with Gasteiger partial charge in [0.25, 0.3) is 10.0 Å². The van der Waals surface area contributed by atoms with Gasteiger partial charge >= 0.3 is 0 Å². The number of hydrogen-bond donors (Lipinski definition) is 2. The molecule has 0 unspecified atom stereocenters. The molecule has 0 aromatic heterocycles. The molecule has 2 aromatic rings. The van der Waals surface area contributed by atoms with Gasteiger partial charge in [-0.15, -0.1) is 0 Å². The minimum absolute atomic E-state index is 0.143. The third-order valence-corrected chi connectivity index (χ3v) is 5.93. The monoisotopic (exact) mass is 496 g/mol. The standard InChI is InChI=1S/C13H11Br3N2O2S/c1-7-11(17)5-9(15)6-13(7)21(19,20)18-12-3-2-8(14)4-10(12)16/h2-6,18H,17H2,1H3. The second-order valence-corrected chi connectivity index (χ2v) is 8.68. The van der Waals surface area contributed by atoms with Crippen molar-refractivity contribution >= 4 is 69.2 Å². The maximum Gasteiger partial charge on any atom is 0.262 e. The Balaban J connectivity index is 2.48. The minimum atomic E-state index is -3.73. The van der Waals surface area contributed by atoms with Crippen molar-refractivity contribution in [2.45, 2.75) is 11.8 Å². The Hall–Kier alpha value is -0.570. The molecule has 0 aliphatic carbocycles. The summed E-state index contributed by atoms with van der Waals surface area (Å²) >= 11 is 9.91. The van der Waals surface area contributed by atoms with Crippen LogP contribution in [0.5, 0.6) is 0 Å². The van der Waals surface area contributed by atoms with Crippen molar-refractivity contribution in [1.29, 1.82) is 0 Å². The molecule has 0 fully saturated rings. The Morgan fingerprint density at radius 2 is 1.71 bits per heavy atom. The van der Waals surface area contributed by atoms with E-state index in [-0.39, 0.29) is 4.90 Å². The SMILES string of the molecule is Cc1c(N)cc(Br)cc1S(=O)(=O)Nc1ccc(Br)cc1Br. The Kier molecular flexibility index (Phi) is 5.02. The maximum atomic E-state index is 12.5. The van der Waals surface area contributed by atoms with Gasteiger partial charge in [0.05, 0.1) is 10.6 Å². The summed E-state index contributed by atoms with van der Waals surface area (Å²) in [5, 5.41) is 0. The van der Waals surface area contributed by atoms with Crippen LogP contribution < -0.4 is 10.5 Å². The fourth-order valence-corrected chi connectivity index (χ4v) is 5.01.